The zero-order valence-corrected chi connectivity index (χ0v) is 22.1. The Kier molecular flexibility index (Phi) is 10.1. The maximum absolute atomic E-state index is 12.2. The summed E-state index contributed by atoms with van der Waals surface area (Å²) in [5, 5.41) is 24.2. The molecule has 0 aliphatic rings. The second-order valence-corrected chi connectivity index (χ2v) is 9.61. The number of aryl methyl sites for hydroxylation is 1. The molecule has 6 heteroatoms. The van der Waals surface area contributed by atoms with Gasteiger partial charge in [-0.05, 0) is 54.2 Å². The van der Waals surface area contributed by atoms with Crippen LogP contribution >= 0.6 is 0 Å². The molecule has 4 aromatic rings. The number of carboxylic acids is 1. The Balaban J connectivity index is 1.49. The van der Waals surface area contributed by atoms with Gasteiger partial charge >= 0.3 is 5.97 Å². The Hall–Kier alpha value is -4.13. The van der Waals surface area contributed by atoms with Crippen molar-refractivity contribution < 1.29 is 24.5 Å². The third-order valence-electron chi connectivity index (χ3n) is 6.54. The van der Waals surface area contributed by atoms with Crippen LogP contribution in [0.1, 0.15) is 41.7 Å². The number of carbonyl (C=O) groups is 1. The lowest BCUT2D eigenvalue weighted by Crippen LogP contribution is -2.46. The second-order valence-electron chi connectivity index (χ2n) is 9.61. The van der Waals surface area contributed by atoms with E-state index in [1.807, 2.05) is 85.8 Å². The number of rotatable bonds is 14. The number of carboxylic acid groups (broad SMARTS) is 1. The average molecular weight is 526 g/mol. The molecule has 3 N–H and O–H groups in total. The van der Waals surface area contributed by atoms with Gasteiger partial charge < -0.3 is 19.7 Å². The molecule has 0 aromatic heterocycles. The standard InChI is InChI=1S/C33H35NO5/c1-24(17-18-25-11-5-2-6-12-25)34-31(33(36)37)32(35)28-19-20-29(38-22-26-13-7-3-8-14-26)30(21-28)39-23-27-15-9-4-10-16-27/h2-16,19-21,24,31-32,34-35H,17-18,22-23H2,1H3,(H,36,37). The van der Waals surface area contributed by atoms with Gasteiger partial charge in [0.15, 0.2) is 11.5 Å². The highest BCUT2D eigenvalue weighted by Crippen LogP contribution is 2.33. The minimum absolute atomic E-state index is 0.122. The summed E-state index contributed by atoms with van der Waals surface area (Å²) in [6, 6.07) is 33.4. The number of aliphatic hydroxyl groups is 1. The summed E-state index contributed by atoms with van der Waals surface area (Å²) in [6.07, 6.45) is 0.254. The molecule has 0 saturated carbocycles. The van der Waals surface area contributed by atoms with Crippen molar-refractivity contribution in [2.45, 2.75) is 51.2 Å². The smallest absolute Gasteiger partial charge is 0.323 e. The van der Waals surface area contributed by atoms with Crippen molar-refractivity contribution in [1.82, 2.24) is 5.32 Å². The molecule has 0 bridgehead atoms. The fraction of sp³-hybridized carbons (Fsp3) is 0.242. The van der Waals surface area contributed by atoms with Crippen LogP contribution in [-0.4, -0.2) is 28.3 Å². The van der Waals surface area contributed by atoms with Gasteiger partial charge in [-0.25, -0.2) is 0 Å². The highest BCUT2D eigenvalue weighted by molar-refractivity contribution is 5.74. The summed E-state index contributed by atoms with van der Waals surface area (Å²) in [7, 11) is 0. The number of hydrogen-bond donors (Lipinski definition) is 3. The predicted octanol–water partition coefficient (Wildman–Crippen LogP) is 5.94. The Morgan fingerprint density at radius 3 is 1.79 bits per heavy atom. The molecule has 0 spiro atoms. The van der Waals surface area contributed by atoms with Crippen LogP contribution in [0.25, 0.3) is 0 Å². The maximum Gasteiger partial charge on any atom is 0.323 e. The molecule has 6 nitrogen and oxygen atoms in total. The molecule has 4 aromatic carbocycles. The minimum atomic E-state index is -1.29. The first-order chi connectivity index (χ1) is 19.0. The van der Waals surface area contributed by atoms with Crippen molar-refractivity contribution in [3.05, 3.63) is 131 Å². The zero-order chi connectivity index (χ0) is 27.5. The lowest BCUT2D eigenvalue weighted by Gasteiger charge is -2.25. The maximum atomic E-state index is 12.2. The van der Waals surface area contributed by atoms with Gasteiger partial charge in [0.25, 0.3) is 0 Å². The molecule has 202 valence electrons. The van der Waals surface area contributed by atoms with Gasteiger partial charge in [-0.15, -0.1) is 0 Å². The molecule has 0 saturated heterocycles. The molecule has 3 atom stereocenters. The summed E-state index contributed by atoms with van der Waals surface area (Å²) in [4.78, 5) is 12.2. The molecule has 0 radical (unpaired) electrons. The Morgan fingerprint density at radius 1 is 0.744 bits per heavy atom. The molecule has 3 unspecified atom stereocenters. The average Bonchev–Trinajstić information content (AvgIpc) is 2.98. The van der Waals surface area contributed by atoms with E-state index in [1.165, 1.54) is 5.56 Å². The molecule has 0 aliphatic carbocycles. The van der Waals surface area contributed by atoms with Gasteiger partial charge in [0.05, 0.1) is 0 Å². The van der Waals surface area contributed by atoms with E-state index in [2.05, 4.69) is 17.4 Å². The molecular weight excluding hydrogens is 490 g/mol. The van der Waals surface area contributed by atoms with E-state index in [-0.39, 0.29) is 6.04 Å². The molecule has 0 fully saturated rings. The fourth-order valence-corrected chi connectivity index (χ4v) is 4.32. The van der Waals surface area contributed by atoms with E-state index in [9.17, 15) is 15.0 Å². The number of aliphatic carboxylic acids is 1. The summed E-state index contributed by atoms with van der Waals surface area (Å²) in [5.41, 5.74) is 3.61. The van der Waals surface area contributed by atoms with Gasteiger partial charge in [-0.3, -0.25) is 10.1 Å². The Morgan fingerprint density at radius 2 is 1.26 bits per heavy atom. The summed E-state index contributed by atoms with van der Waals surface area (Å²) < 4.78 is 12.2. The van der Waals surface area contributed by atoms with Crippen molar-refractivity contribution in [1.29, 1.82) is 0 Å². The SMILES string of the molecule is CC(CCc1ccccc1)NC(C(=O)O)C(O)c1ccc(OCc2ccccc2)c(OCc2ccccc2)c1. The number of ether oxygens (including phenoxy) is 2. The first kappa shape index (κ1) is 27.9. The Labute approximate surface area is 229 Å². The third-order valence-corrected chi connectivity index (χ3v) is 6.54. The van der Waals surface area contributed by atoms with E-state index >= 15 is 0 Å². The number of hydrogen-bond acceptors (Lipinski definition) is 5. The van der Waals surface area contributed by atoms with E-state index in [1.54, 1.807) is 18.2 Å². The molecule has 0 amide bonds. The van der Waals surface area contributed by atoms with Crippen LogP contribution < -0.4 is 14.8 Å². The summed E-state index contributed by atoms with van der Waals surface area (Å²) in [5.74, 6) is -0.167. The minimum Gasteiger partial charge on any atom is -0.485 e. The van der Waals surface area contributed by atoms with Crippen molar-refractivity contribution >= 4 is 5.97 Å². The van der Waals surface area contributed by atoms with Gasteiger partial charge in [0.1, 0.15) is 25.4 Å². The monoisotopic (exact) mass is 525 g/mol. The normalized spacial score (nSPS) is 13.3. The van der Waals surface area contributed by atoms with Crippen LogP contribution in [0.2, 0.25) is 0 Å². The highest BCUT2D eigenvalue weighted by atomic mass is 16.5. The molecule has 0 heterocycles. The molecule has 0 aliphatic heterocycles. The van der Waals surface area contributed by atoms with Gasteiger partial charge in [0.2, 0.25) is 0 Å². The molecular formula is C33H35NO5. The summed E-state index contributed by atoms with van der Waals surface area (Å²) in [6.45, 7) is 2.59. The van der Waals surface area contributed by atoms with Gasteiger partial charge in [0, 0.05) is 6.04 Å². The summed E-state index contributed by atoms with van der Waals surface area (Å²) >= 11 is 0. The van der Waals surface area contributed by atoms with Crippen LogP contribution in [0.15, 0.2) is 109 Å². The quantitative estimate of drug-likeness (QED) is 0.189. The van der Waals surface area contributed by atoms with Crippen molar-refractivity contribution in [2.24, 2.45) is 0 Å². The zero-order valence-electron chi connectivity index (χ0n) is 22.1. The van der Waals surface area contributed by atoms with E-state index in [0.717, 1.165) is 24.0 Å². The van der Waals surface area contributed by atoms with Gasteiger partial charge in [-0.1, -0.05) is 97.1 Å². The largest absolute Gasteiger partial charge is 0.485 e. The first-order valence-electron chi connectivity index (χ1n) is 13.2. The van der Waals surface area contributed by atoms with E-state index in [0.29, 0.717) is 30.3 Å². The van der Waals surface area contributed by atoms with Crippen LogP contribution in [0.3, 0.4) is 0 Å². The Bertz CT molecular complexity index is 1300. The highest BCUT2D eigenvalue weighted by Gasteiger charge is 2.29. The molecule has 4 rings (SSSR count). The molecule has 39 heavy (non-hydrogen) atoms. The van der Waals surface area contributed by atoms with Crippen LogP contribution in [-0.2, 0) is 24.4 Å². The van der Waals surface area contributed by atoms with E-state index in [4.69, 9.17) is 9.47 Å². The van der Waals surface area contributed by atoms with Crippen LogP contribution in [0.4, 0.5) is 0 Å². The van der Waals surface area contributed by atoms with Crippen molar-refractivity contribution in [2.75, 3.05) is 0 Å². The lowest BCUT2D eigenvalue weighted by atomic mass is 9.99. The lowest BCUT2D eigenvalue weighted by molar-refractivity contribution is -0.143. The fourth-order valence-electron chi connectivity index (χ4n) is 4.32. The van der Waals surface area contributed by atoms with Gasteiger partial charge in [-0.2, -0.15) is 0 Å². The first-order valence-corrected chi connectivity index (χ1v) is 13.2. The second kappa shape index (κ2) is 14.1. The van der Waals surface area contributed by atoms with Crippen LogP contribution in [0.5, 0.6) is 11.5 Å². The predicted molar refractivity (Wildman–Crippen MR) is 152 cm³/mol. The third kappa shape index (κ3) is 8.43. The van der Waals surface area contributed by atoms with Crippen molar-refractivity contribution in [3.8, 4) is 11.5 Å². The number of benzene rings is 4. The number of nitrogens with one attached hydrogen (secondary N) is 1. The van der Waals surface area contributed by atoms with E-state index < -0.39 is 18.1 Å². The van der Waals surface area contributed by atoms with Crippen LogP contribution in [0, 0.1) is 0 Å². The number of aliphatic hydroxyl groups excluding tert-OH is 1. The topological polar surface area (TPSA) is 88.0 Å². The van der Waals surface area contributed by atoms with Crippen molar-refractivity contribution in [3.63, 3.8) is 0 Å².